The van der Waals surface area contributed by atoms with Crippen LogP contribution in [-0.2, 0) is 9.90 Å². The molecule has 0 saturated carbocycles. The second-order valence-corrected chi connectivity index (χ2v) is 8.94. The number of benzene rings is 3. The van der Waals surface area contributed by atoms with Gasteiger partial charge in [-0.05, 0) is 29.8 Å². The Morgan fingerprint density at radius 3 is 2.26 bits per heavy atom. The molecule has 0 amide bonds. The summed E-state index contributed by atoms with van der Waals surface area (Å²) in [5, 5.41) is 1.75. The normalized spacial score (nSPS) is 17.4. The van der Waals surface area contributed by atoms with E-state index in [4.69, 9.17) is 14.0 Å². The maximum Gasteiger partial charge on any atom is 0.311 e. The van der Waals surface area contributed by atoms with Crippen LogP contribution in [-0.4, -0.2) is 14.2 Å². The number of para-hydroxylation sites is 1. The van der Waals surface area contributed by atoms with Crippen molar-refractivity contribution in [3.63, 3.8) is 0 Å². The number of hydrogen-bond acceptors (Lipinski definition) is 4. The van der Waals surface area contributed by atoms with Crippen LogP contribution < -0.4 is 24.6 Å². The number of ether oxygens (including phenoxy) is 2. The van der Waals surface area contributed by atoms with Gasteiger partial charge < -0.3 is 14.0 Å². The van der Waals surface area contributed by atoms with Crippen LogP contribution in [0.15, 0.2) is 60.7 Å². The molecule has 3 aromatic carbocycles. The van der Waals surface area contributed by atoms with Crippen LogP contribution in [0.1, 0.15) is 5.56 Å². The van der Waals surface area contributed by atoms with Crippen molar-refractivity contribution in [2.24, 2.45) is 0 Å². The van der Waals surface area contributed by atoms with Gasteiger partial charge in [-0.2, -0.15) is 0 Å². The third-order valence-corrected chi connectivity index (χ3v) is 7.73. The Morgan fingerprint density at radius 2 is 1.56 bits per heavy atom. The SMILES string of the molecule is COc1cc(P2(=O)Oc3ccccc3-c3ccccc32)c(OC)cc1CBr. The molecule has 3 aromatic rings. The Balaban J connectivity index is 2.01. The van der Waals surface area contributed by atoms with E-state index in [2.05, 4.69) is 15.9 Å². The van der Waals surface area contributed by atoms with Crippen LogP contribution in [0.25, 0.3) is 11.1 Å². The first-order valence-electron chi connectivity index (χ1n) is 8.42. The molecule has 1 heterocycles. The predicted octanol–water partition coefficient (Wildman–Crippen LogP) is 4.89. The molecule has 0 spiro atoms. The molecule has 6 heteroatoms. The molecule has 0 aliphatic carbocycles. The lowest BCUT2D eigenvalue weighted by atomic mass is 10.0. The number of methoxy groups -OCH3 is 2. The van der Waals surface area contributed by atoms with Crippen molar-refractivity contribution >= 4 is 33.9 Å². The van der Waals surface area contributed by atoms with Gasteiger partial charge in [-0.3, -0.25) is 4.57 Å². The maximum atomic E-state index is 14.3. The summed E-state index contributed by atoms with van der Waals surface area (Å²) in [5.41, 5.74) is 2.76. The van der Waals surface area contributed by atoms with Crippen molar-refractivity contribution < 1.29 is 18.6 Å². The highest BCUT2D eigenvalue weighted by atomic mass is 79.9. The minimum absolute atomic E-state index is 0.494. The molecule has 0 bridgehead atoms. The number of alkyl halides is 1. The molecular weight excluding hydrogens is 427 g/mol. The van der Waals surface area contributed by atoms with Gasteiger partial charge in [0.2, 0.25) is 0 Å². The zero-order valence-electron chi connectivity index (χ0n) is 14.9. The van der Waals surface area contributed by atoms with Gasteiger partial charge in [0, 0.05) is 16.5 Å². The monoisotopic (exact) mass is 444 g/mol. The summed E-state index contributed by atoms with van der Waals surface area (Å²) in [7, 11) is -0.268. The Kier molecular flexibility index (Phi) is 4.75. The van der Waals surface area contributed by atoms with Gasteiger partial charge in [0.1, 0.15) is 17.2 Å². The Labute approximate surface area is 166 Å². The Bertz CT molecular complexity index is 1060. The topological polar surface area (TPSA) is 44.8 Å². The van der Waals surface area contributed by atoms with E-state index in [9.17, 15) is 4.57 Å². The van der Waals surface area contributed by atoms with Crippen LogP contribution >= 0.6 is 23.3 Å². The highest BCUT2D eigenvalue weighted by Gasteiger charge is 2.40. The number of hydrogen-bond donors (Lipinski definition) is 0. The van der Waals surface area contributed by atoms with E-state index >= 15 is 0 Å². The molecule has 0 saturated heterocycles. The minimum Gasteiger partial charge on any atom is -0.496 e. The molecule has 0 radical (unpaired) electrons. The van der Waals surface area contributed by atoms with Crippen molar-refractivity contribution in [3.8, 4) is 28.4 Å². The molecular formula is C21H18BrO4P. The molecule has 0 aromatic heterocycles. The van der Waals surface area contributed by atoms with Crippen molar-refractivity contribution in [2.75, 3.05) is 14.2 Å². The molecule has 4 rings (SSSR count). The molecule has 1 aliphatic heterocycles. The average molecular weight is 445 g/mol. The fraction of sp³-hybridized carbons (Fsp3) is 0.143. The van der Waals surface area contributed by atoms with Crippen LogP contribution in [0.2, 0.25) is 0 Å². The van der Waals surface area contributed by atoms with E-state index in [0.717, 1.165) is 16.7 Å². The quantitative estimate of drug-likeness (QED) is 0.424. The molecule has 138 valence electrons. The van der Waals surface area contributed by atoms with Gasteiger partial charge in [0.05, 0.1) is 24.8 Å². The summed E-state index contributed by atoms with van der Waals surface area (Å²) in [6.45, 7) is 0. The molecule has 1 aliphatic rings. The molecule has 4 nitrogen and oxygen atoms in total. The first-order chi connectivity index (χ1) is 13.1. The van der Waals surface area contributed by atoms with E-state index in [1.807, 2.05) is 54.6 Å². The van der Waals surface area contributed by atoms with E-state index in [0.29, 0.717) is 33.2 Å². The Hall–Kier alpha value is -2.23. The zero-order valence-corrected chi connectivity index (χ0v) is 17.4. The third kappa shape index (κ3) is 2.86. The van der Waals surface area contributed by atoms with E-state index < -0.39 is 7.37 Å². The van der Waals surface area contributed by atoms with Gasteiger partial charge in [-0.1, -0.05) is 52.3 Å². The smallest absolute Gasteiger partial charge is 0.311 e. The van der Waals surface area contributed by atoms with Crippen LogP contribution in [0, 0.1) is 0 Å². The van der Waals surface area contributed by atoms with Gasteiger partial charge in [-0.15, -0.1) is 0 Å². The zero-order chi connectivity index (χ0) is 19.0. The van der Waals surface area contributed by atoms with Crippen molar-refractivity contribution in [1.82, 2.24) is 0 Å². The van der Waals surface area contributed by atoms with Crippen molar-refractivity contribution in [2.45, 2.75) is 5.33 Å². The second kappa shape index (κ2) is 7.06. The summed E-state index contributed by atoms with van der Waals surface area (Å²) in [5.74, 6) is 1.76. The second-order valence-electron chi connectivity index (χ2n) is 6.13. The first kappa shape index (κ1) is 18.1. The van der Waals surface area contributed by atoms with Crippen LogP contribution in [0.3, 0.4) is 0 Å². The van der Waals surface area contributed by atoms with Gasteiger partial charge in [0.25, 0.3) is 0 Å². The van der Waals surface area contributed by atoms with Gasteiger partial charge >= 0.3 is 7.37 Å². The maximum absolute atomic E-state index is 14.3. The van der Waals surface area contributed by atoms with Crippen LogP contribution in [0.4, 0.5) is 0 Å². The highest BCUT2D eigenvalue weighted by Crippen LogP contribution is 2.55. The first-order valence-corrected chi connectivity index (χ1v) is 11.2. The van der Waals surface area contributed by atoms with Gasteiger partial charge in [-0.25, -0.2) is 0 Å². The fourth-order valence-electron chi connectivity index (χ4n) is 3.37. The summed E-state index contributed by atoms with van der Waals surface area (Å²) in [6, 6.07) is 18.9. The fourth-order valence-corrected chi connectivity index (χ4v) is 6.23. The lowest BCUT2D eigenvalue weighted by Crippen LogP contribution is -2.26. The average Bonchev–Trinajstić information content (AvgIpc) is 2.73. The molecule has 0 N–H and O–H groups in total. The highest BCUT2D eigenvalue weighted by molar-refractivity contribution is 9.08. The Morgan fingerprint density at radius 1 is 0.889 bits per heavy atom. The standard InChI is InChI=1S/C21H18BrO4P/c1-24-18-12-21(19(25-2)11-14(18)13-22)27(23)20-10-6-4-8-16(20)15-7-3-5-9-17(15)26-27/h3-12H,13H2,1-2H3. The van der Waals surface area contributed by atoms with Crippen molar-refractivity contribution in [3.05, 3.63) is 66.2 Å². The lowest BCUT2D eigenvalue weighted by Gasteiger charge is -2.30. The number of rotatable bonds is 4. The summed E-state index contributed by atoms with van der Waals surface area (Å²) < 4.78 is 31.5. The largest absolute Gasteiger partial charge is 0.496 e. The molecule has 0 fully saturated rings. The van der Waals surface area contributed by atoms with E-state index in [1.165, 1.54) is 0 Å². The van der Waals surface area contributed by atoms with E-state index in [-0.39, 0.29) is 0 Å². The minimum atomic E-state index is -3.43. The van der Waals surface area contributed by atoms with Crippen LogP contribution in [0.5, 0.6) is 17.2 Å². The number of halogens is 1. The lowest BCUT2D eigenvalue weighted by molar-refractivity contribution is 0.401. The van der Waals surface area contributed by atoms with Crippen molar-refractivity contribution in [1.29, 1.82) is 0 Å². The molecule has 1 unspecified atom stereocenters. The molecule has 27 heavy (non-hydrogen) atoms. The summed E-state index contributed by atoms with van der Waals surface area (Å²) in [4.78, 5) is 0. The molecule has 1 atom stereocenters. The number of fused-ring (bicyclic) bond motifs is 3. The third-order valence-electron chi connectivity index (χ3n) is 4.67. The summed E-state index contributed by atoms with van der Waals surface area (Å²) >= 11 is 3.46. The van der Waals surface area contributed by atoms with E-state index in [1.54, 1.807) is 20.3 Å². The summed E-state index contributed by atoms with van der Waals surface area (Å²) in [6.07, 6.45) is 0. The predicted molar refractivity (Wildman–Crippen MR) is 112 cm³/mol. The van der Waals surface area contributed by atoms with Gasteiger partial charge in [0.15, 0.2) is 0 Å².